The second-order valence-corrected chi connectivity index (χ2v) is 6.77. The van der Waals surface area contributed by atoms with Gasteiger partial charge < -0.3 is 5.32 Å². The van der Waals surface area contributed by atoms with Crippen molar-refractivity contribution in [2.45, 2.75) is 0 Å². The molecule has 1 aromatic heterocycles. The molecule has 0 aliphatic heterocycles. The first-order chi connectivity index (χ1) is 8.06. The number of hydrogen-bond acceptors (Lipinski definition) is 2. The molecule has 6 heteroatoms. The molecule has 0 aliphatic rings. The van der Waals surface area contributed by atoms with Crippen LogP contribution in [0, 0.1) is 0 Å². The Balaban J connectivity index is 2.15. The zero-order valence-electron chi connectivity index (χ0n) is 8.34. The van der Waals surface area contributed by atoms with E-state index in [2.05, 4.69) is 37.2 Å². The Bertz CT molecular complexity index is 570. The highest BCUT2D eigenvalue weighted by molar-refractivity contribution is 9.11. The van der Waals surface area contributed by atoms with Crippen molar-refractivity contribution in [1.82, 2.24) is 0 Å². The second-order valence-electron chi connectivity index (χ2n) is 3.22. The predicted molar refractivity (Wildman–Crippen MR) is 79.1 cm³/mol. The lowest BCUT2D eigenvalue weighted by Crippen LogP contribution is -2.10. The fourth-order valence-electron chi connectivity index (χ4n) is 1.21. The van der Waals surface area contributed by atoms with Crippen molar-refractivity contribution >= 4 is 66.4 Å². The third kappa shape index (κ3) is 3.31. The molecule has 1 amide bonds. The summed E-state index contributed by atoms with van der Waals surface area (Å²) in [6.07, 6.45) is 0. The van der Waals surface area contributed by atoms with Crippen LogP contribution in [0.15, 0.2) is 37.9 Å². The van der Waals surface area contributed by atoms with Gasteiger partial charge in [-0.15, -0.1) is 11.3 Å². The number of halogens is 3. The van der Waals surface area contributed by atoms with Crippen molar-refractivity contribution < 1.29 is 4.79 Å². The zero-order chi connectivity index (χ0) is 12.4. The number of hydrogen-bond donors (Lipinski definition) is 1. The largest absolute Gasteiger partial charge is 0.322 e. The van der Waals surface area contributed by atoms with Gasteiger partial charge in [0.05, 0.1) is 14.4 Å². The van der Waals surface area contributed by atoms with Crippen LogP contribution in [0.2, 0.25) is 5.02 Å². The maximum Gasteiger partial charge on any atom is 0.256 e. The standard InChI is InChI=1S/C11H6Br2ClNOS/c12-8-2-1-7(4-9(8)14)15-11(16)6-3-10(13)17-5-6/h1-5H,(H,15,16). The van der Waals surface area contributed by atoms with Crippen molar-refractivity contribution in [3.63, 3.8) is 0 Å². The summed E-state index contributed by atoms with van der Waals surface area (Å²) >= 11 is 14.0. The Morgan fingerprint density at radius 3 is 2.65 bits per heavy atom. The van der Waals surface area contributed by atoms with Gasteiger partial charge in [-0.2, -0.15) is 0 Å². The summed E-state index contributed by atoms with van der Waals surface area (Å²) in [5.41, 5.74) is 1.30. The summed E-state index contributed by atoms with van der Waals surface area (Å²) in [7, 11) is 0. The molecule has 0 aliphatic carbocycles. The van der Waals surface area contributed by atoms with E-state index in [-0.39, 0.29) is 5.91 Å². The number of amides is 1. The van der Waals surface area contributed by atoms with Crippen molar-refractivity contribution in [3.8, 4) is 0 Å². The fourth-order valence-corrected chi connectivity index (χ4v) is 2.77. The average molecular weight is 396 g/mol. The number of anilines is 1. The van der Waals surface area contributed by atoms with Crippen LogP contribution in [0.1, 0.15) is 10.4 Å². The predicted octanol–water partition coefficient (Wildman–Crippen LogP) is 5.18. The molecule has 0 radical (unpaired) electrons. The van der Waals surface area contributed by atoms with Crippen LogP contribution in [-0.4, -0.2) is 5.91 Å². The highest BCUT2D eigenvalue weighted by Crippen LogP contribution is 2.26. The van der Waals surface area contributed by atoms with E-state index in [1.54, 1.807) is 29.6 Å². The smallest absolute Gasteiger partial charge is 0.256 e. The summed E-state index contributed by atoms with van der Waals surface area (Å²) in [5, 5.41) is 5.14. The molecule has 1 aromatic carbocycles. The minimum atomic E-state index is -0.148. The first-order valence-corrected chi connectivity index (χ1v) is 7.41. The molecule has 2 aromatic rings. The molecule has 0 unspecified atom stereocenters. The number of benzene rings is 1. The Kier molecular flexibility index (Phi) is 4.25. The number of carbonyl (C=O) groups excluding carboxylic acids is 1. The Morgan fingerprint density at radius 2 is 2.06 bits per heavy atom. The van der Waals surface area contributed by atoms with E-state index in [1.165, 1.54) is 11.3 Å². The van der Waals surface area contributed by atoms with E-state index < -0.39 is 0 Å². The second kappa shape index (κ2) is 5.52. The van der Waals surface area contributed by atoms with Crippen LogP contribution in [0.25, 0.3) is 0 Å². The lowest BCUT2D eigenvalue weighted by Gasteiger charge is -2.04. The highest BCUT2D eigenvalue weighted by atomic mass is 79.9. The quantitative estimate of drug-likeness (QED) is 0.746. The minimum Gasteiger partial charge on any atom is -0.322 e. The van der Waals surface area contributed by atoms with Crippen LogP contribution in [0.3, 0.4) is 0 Å². The molecule has 1 N–H and O–H groups in total. The minimum absolute atomic E-state index is 0.148. The van der Waals surface area contributed by atoms with Crippen molar-refractivity contribution in [2.75, 3.05) is 5.32 Å². The van der Waals surface area contributed by atoms with Crippen LogP contribution < -0.4 is 5.32 Å². The molecule has 88 valence electrons. The molecule has 17 heavy (non-hydrogen) atoms. The van der Waals surface area contributed by atoms with Gasteiger partial charge in [0.2, 0.25) is 0 Å². The first kappa shape index (κ1) is 13.1. The molecule has 1 heterocycles. The van der Waals surface area contributed by atoms with Gasteiger partial charge in [0.1, 0.15) is 0 Å². The maximum atomic E-state index is 11.8. The fraction of sp³-hybridized carbons (Fsp3) is 0. The van der Waals surface area contributed by atoms with E-state index in [1.807, 2.05) is 0 Å². The van der Waals surface area contributed by atoms with E-state index in [0.717, 1.165) is 8.26 Å². The molecule has 0 fully saturated rings. The van der Waals surface area contributed by atoms with Crippen LogP contribution in [-0.2, 0) is 0 Å². The molecular formula is C11H6Br2ClNOS. The molecule has 2 nitrogen and oxygen atoms in total. The lowest BCUT2D eigenvalue weighted by atomic mass is 10.3. The van der Waals surface area contributed by atoms with Crippen molar-refractivity contribution in [3.05, 3.63) is 48.5 Å². The van der Waals surface area contributed by atoms with Gasteiger partial charge in [0.15, 0.2) is 0 Å². The third-order valence-electron chi connectivity index (χ3n) is 2.01. The lowest BCUT2D eigenvalue weighted by molar-refractivity contribution is 0.102. The summed E-state index contributed by atoms with van der Waals surface area (Å²) in [6.45, 7) is 0. The molecule has 0 atom stereocenters. The number of rotatable bonds is 2. The van der Waals surface area contributed by atoms with Gasteiger partial charge in [0.25, 0.3) is 5.91 Å². The van der Waals surface area contributed by atoms with Crippen molar-refractivity contribution in [1.29, 1.82) is 0 Å². The number of carbonyl (C=O) groups is 1. The molecule has 0 saturated carbocycles. The van der Waals surface area contributed by atoms with Crippen molar-refractivity contribution in [2.24, 2.45) is 0 Å². The van der Waals surface area contributed by atoms with Gasteiger partial charge >= 0.3 is 0 Å². The monoisotopic (exact) mass is 393 g/mol. The summed E-state index contributed by atoms with van der Waals surface area (Å²) in [5.74, 6) is -0.148. The molecular weight excluding hydrogens is 389 g/mol. The van der Waals surface area contributed by atoms with Crippen LogP contribution in [0.5, 0.6) is 0 Å². The summed E-state index contributed by atoms with van der Waals surface area (Å²) in [4.78, 5) is 11.8. The molecule has 2 rings (SSSR count). The van der Waals surface area contributed by atoms with E-state index in [9.17, 15) is 4.79 Å². The van der Waals surface area contributed by atoms with E-state index >= 15 is 0 Å². The number of nitrogens with one attached hydrogen (secondary N) is 1. The summed E-state index contributed by atoms with van der Waals surface area (Å²) in [6, 6.07) is 7.06. The van der Waals surface area contributed by atoms with Gasteiger partial charge in [-0.05, 0) is 56.1 Å². The molecule has 0 bridgehead atoms. The SMILES string of the molecule is O=C(Nc1ccc(Br)c(Cl)c1)c1csc(Br)c1. The Morgan fingerprint density at radius 1 is 1.29 bits per heavy atom. The Hall–Kier alpha value is -0.360. The van der Waals surface area contributed by atoms with E-state index in [0.29, 0.717) is 16.3 Å². The van der Waals surface area contributed by atoms with Crippen LogP contribution in [0.4, 0.5) is 5.69 Å². The Labute approximate surface area is 124 Å². The van der Waals surface area contributed by atoms with E-state index in [4.69, 9.17) is 11.6 Å². The van der Waals surface area contributed by atoms with Crippen LogP contribution >= 0.6 is 54.8 Å². The molecule has 0 spiro atoms. The average Bonchev–Trinajstić information content (AvgIpc) is 2.70. The first-order valence-electron chi connectivity index (χ1n) is 4.56. The topological polar surface area (TPSA) is 29.1 Å². The molecule has 0 saturated heterocycles. The van der Waals surface area contributed by atoms with Gasteiger partial charge in [0, 0.05) is 15.5 Å². The zero-order valence-corrected chi connectivity index (χ0v) is 13.1. The summed E-state index contributed by atoms with van der Waals surface area (Å²) < 4.78 is 1.73. The van der Waals surface area contributed by atoms with Gasteiger partial charge in [-0.25, -0.2) is 0 Å². The highest BCUT2D eigenvalue weighted by Gasteiger charge is 2.08. The third-order valence-corrected chi connectivity index (χ3v) is 4.74. The van der Waals surface area contributed by atoms with Gasteiger partial charge in [-0.3, -0.25) is 4.79 Å². The number of thiophene rings is 1. The normalized spacial score (nSPS) is 10.3. The maximum absolute atomic E-state index is 11.8. The van der Waals surface area contributed by atoms with Gasteiger partial charge in [-0.1, -0.05) is 11.6 Å².